The van der Waals surface area contributed by atoms with Gasteiger partial charge in [-0.25, -0.2) is 0 Å². The third-order valence-corrected chi connectivity index (χ3v) is 7.14. The van der Waals surface area contributed by atoms with E-state index in [0.29, 0.717) is 66.3 Å². The fourth-order valence-electron chi connectivity index (χ4n) is 5.21. The van der Waals surface area contributed by atoms with Crippen LogP contribution in [-0.4, -0.2) is 45.1 Å². The van der Waals surface area contributed by atoms with Crippen molar-refractivity contribution in [3.63, 3.8) is 0 Å². The van der Waals surface area contributed by atoms with Crippen LogP contribution in [0.25, 0.3) is 22.1 Å². The number of benzene rings is 2. The first-order chi connectivity index (χ1) is 16.5. The average molecular weight is 463 g/mol. The molecule has 34 heavy (non-hydrogen) atoms. The molecule has 0 spiro atoms. The van der Waals surface area contributed by atoms with Gasteiger partial charge in [0.15, 0.2) is 11.6 Å². The third kappa shape index (κ3) is 4.17. The quantitative estimate of drug-likeness (QED) is 0.293. The largest absolute Gasteiger partial charge is 0.491 e. The molecule has 3 aromatic rings. The molecule has 178 valence electrons. The average Bonchev–Trinajstić information content (AvgIpc) is 3.15. The topological polar surface area (TPSA) is 75.0 Å². The number of ether oxygens (including phenoxy) is 3. The molecule has 1 aliphatic heterocycles. The van der Waals surface area contributed by atoms with E-state index in [0.717, 1.165) is 35.5 Å². The van der Waals surface area contributed by atoms with E-state index in [1.54, 1.807) is 13.2 Å². The van der Waals surface area contributed by atoms with E-state index >= 15 is 0 Å². The summed E-state index contributed by atoms with van der Waals surface area (Å²) in [5, 5.41) is 0.786. The van der Waals surface area contributed by atoms with Crippen molar-refractivity contribution in [3.8, 4) is 16.9 Å². The standard InChI is InChI=1S/C28H30O6/c1-4-25(29)21-11-18(26(30)13-20-23-14-32-15-24(20)23)12-22-27(16(2)34-28(21)22)17-6-5-7-19(10-17)33-9-8-31-3/h5-7,10-12,20,23-24H,4,8-9,13-15H2,1-3H3/t20?,23-,24+. The van der Waals surface area contributed by atoms with Gasteiger partial charge in [0.05, 0.1) is 25.4 Å². The minimum Gasteiger partial charge on any atom is -0.491 e. The highest BCUT2D eigenvalue weighted by atomic mass is 16.5. The second-order valence-electron chi connectivity index (χ2n) is 9.24. The molecule has 1 aromatic heterocycles. The Hall–Kier alpha value is -2.96. The lowest BCUT2D eigenvalue weighted by Crippen LogP contribution is -2.08. The summed E-state index contributed by atoms with van der Waals surface area (Å²) in [6.07, 6.45) is 0.841. The number of rotatable bonds is 10. The van der Waals surface area contributed by atoms with Crippen LogP contribution in [0.1, 0.15) is 46.2 Å². The summed E-state index contributed by atoms with van der Waals surface area (Å²) < 4.78 is 22.5. The number of methoxy groups -OCH3 is 1. The first kappa shape index (κ1) is 22.8. The van der Waals surface area contributed by atoms with Crippen LogP contribution in [0.4, 0.5) is 0 Å². The molecular formula is C28H30O6. The van der Waals surface area contributed by atoms with Crippen molar-refractivity contribution in [3.05, 3.63) is 53.3 Å². The summed E-state index contributed by atoms with van der Waals surface area (Å²) in [6.45, 7) is 6.18. The second-order valence-corrected chi connectivity index (χ2v) is 9.24. The Balaban J connectivity index is 1.54. The van der Waals surface area contributed by atoms with E-state index in [1.807, 2.05) is 44.2 Å². The zero-order chi connectivity index (χ0) is 23.8. The zero-order valence-corrected chi connectivity index (χ0v) is 19.9. The van der Waals surface area contributed by atoms with Crippen LogP contribution in [0, 0.1) is 24.7 Å². The SMILES string of the molecule is CCC(=O)c1cc(C(=O)CC2[C@H]3COC[C@@H]23)cc2c(-c3cccc(OCCOC)c3)c(C)oc12. The Morgan fingerprint density at radius 3 is 2.59 bits per heavy atom. The molecule has 0 amide bonds. The first-order valence-electron chi connectivity index (χ1n) is 11.9. The van der Waals surface area contributed by atoms with E-state index < -0.39 is 0 Å². The lowest BCUT2D eigenvalue weighted by Gasteiger charge is -2.09. The minimum absolute atomic E-state index is 0.0340. The van der Waals surface area contributed by atoms with Gasteiger partial charge in [-0.05, 0) is 54.5 Å². The molecular weight excluding hydrogens is 432 g/mol. The van der Waals surface area contributed by atoms with E-state index in [9.17, 15) is 9.59 Å². The maximum absolute atomic E-state index is 13.3. The molecule has 0 bridgehead atoms. The molecule has 2 fully saturated rings. The number of aryl methyl sites for hydroxylation is 1. The van der Waals surface area contributed by atoms with Gasteiger partial charge < -0.3 is 18.6 Å². The summed E-state index contributed by atoms with van der Waals surface area (Å²) in [4.78, 5) is 26.1. The number of carbonyl (C=O) groups excluding carboxylic acids is 2. The van der Waals surface area contributed by atoms with Gasteiger partial charge >= 0.3 is 0 Å². The van der Waals surface area contributed by atoms with Gasteiger partial charge in [-0.3, -0.25) is 9.59 Å². The molecule has 0 radical (unpaired) electrons. The van der Waals surface area contributed by atoms with Gasteiger partial charge in [0.1, 0.15) is 23.7 Å². The van der Waals surface area contributed by atoms with Crippen molar-refractivity contribution in [2.24, 2.45) is 17.8 Å². The molecule has 6 nitrogen and oxygen atoms in total. The Bertz CT molecular complexity index is 1230. The molecule has 3 atom stereocenters. The summed E-state index contributed by atoms with van der Waals surface area (Å²) >= 11 is 0. The van der Waals surface area contributed by atoms with Crippen molar-refractivity contribution in [2.45, 2.75) is 26.7 Å². The first-order valence-corrected chi connectivity index (χ1v) is 11.9. The van der Waals surface area contributed by atoms with Crippen molar-refractivity contribution in [2.75, 3.05) is 33.5 Å². The smallest absolute Gasteiger partial charge is 0.166 e. The van der Waals surface area contributed by atoms with Crippen LogP contribution in [-0.2, 0) is 9.47 Å². The van der Waals surface area contributed by atoms with Crippen molar-refractivity contribution < 1.29 is 28.2 Å². The molecule has 2 aliphatic rings. The summed E-state index contributed by atoms with van der Waals surface area (Å²) in [5.41, 5.74) is 3.38. The van der Waals surface area contributed by atoms with Crippen LogP contribution in [0.5, 0.6) is 5.75 Å². The Labute approximate surface area is 199 Å². The number of ketones is 2. The van der Waals surface area contributed by atoms with Crippen LogP contribution < -0.4 is 4.74 Å². The highest BCUT2D eigenvalue weighted by Gasteiger charge is 2.54. The fraction of sp³-hybridized carbons (Fsp3) is 0.429. The second kappa shape index (κ2) is 9.35. The summed E-state index contributed by atoms with van der Waals surface area (Å²) in [7, 11) is 1.64. The monoisotopic (exact) mass is 462 g/mol. The molecule has 0 N–H and O–H groups in total. The molecule has 2 aromatic carbocycles. The molecule has 2 heterocycles. The van der Waals surface area contributed by atoms with Gasteiger partial charge in [0.2, 0.25) is 0 Å². The molecule has 5 rings (SSSR count). The maximum atomic E-state index is 13.3. The lowest BCUT2D eigenvalue weighted by molar-refractivity contribution is 0.0951. The number of furan rings is 1. The predicted molar refractivity (Wildman–Crippen MR) is 129 cm³/mol. The highest BCUT2D eigenvalue weighted by Crippen LogP contribution is 2.53. The van der Waals surface area contributed by atoms with Crippen LogP contribution in [0.15, 0.2) is 40.8 Å². The van der Waals surface area contributed by atoms with Crippen molar-refractivity contribution >= 4 is 22.5 Å². The van der Waals surface area contributed by atoms with Crippen LogP contribution in [0.3, 0.4) is 0 Å². The van der Waals surface area contributed by atoms with Gasteiger partial charge in [-0.15, -0.1) is 0 Å². The Kier molecular flexibility index (Phi) is 6.28. The Morgan fingerprint density at radius 2 is 1.85 bits per heavy atom. The molecule has 1 aliphatic carbocycles. The normalized spacial score (nSPS) is 21.0. The summed E-state index contributed by atoms with van der Waals surface area (Å²) in [6, 6.07) is 11.4. The lowest BCUT2D eigenvalue weighted by atomic mass is 9.94. The number of carbonyl (C=O) groups is 2. The van der Waals surface area contributed by atoms with Crippen LogP contribution >= 0.6 is 0 Å². The van der Waals surface area contributed by atoms with E-state index in [2.05, 4.69) is 0 Å². The summed E-state index contributed by atoms with van der Waals surface area (Å²) in [5.74, 6) is 2.89. The van der Waals surface area contributed by atoms with Gasteiger partial charge in [-0.2, -0.15) is 0 Å². The fourth-order valence-corrected chi connectivity index (χ4v) is 5.21. The van der Waals surface area contributed by atoms with Gasteiger partial charge in [0, 0.05) is 36.5 Å². The molecule has 1 saturated heterocycles. The van der Waals surface area contributed by atoms with E-state index in [1.165, 1.54) is 0 Å². The third-order valence-electron chi connectivity index (χ3n) is 7.14. The van der Waals surface area contributed by atoms with E-state index in [-0.39, 0.29) is 11.6 Å². The van der Waals surface area contributed by atoms with Crippen molar-refractivity contribution in [1.82, 2.24) is 0 Å². The maximum Gasteiger partial charge on any atom is 0.166 e. The molecule has 1 unspecified atom stereocenters. The molecule has 6 heteroatoms. The number of fused-ring (bicyclic) bond motifs is 2. The molecule has 1 saturated carbocycles. The number of hydrogen-bond donors (Lipinski definition) is 0. The minimum atomic E-state index is -0.0340. The number of hydrogen-bond acceptors (Lipinski definition) is 6. The van der Waals surface area contributed by atoms with Crippen LogP contribution in [0.2, 0.25) is 0 Å². The highest BCUT2D eigenvalue weighted by molar-refractivity contribution is 6.13. The zero-order valence-electron chi connectivity index (χ0n) is 19.9. The van der Waals surface area contributed by atoms with Crippen molar-refractivity contribution in [1.29, 1.82) is 0 Å². The van der Waals surface area contributed by atoms with E-state index in [4.69, 9.17) is 18.6 Å². The Morgan fingerprint density at radius 1 is 1.06 bits per heavy atom. The number of Topliss-reactive ketones (excluding diaryl/α,β-unsaturated/α-hetero) is 2. The van der Waals surface area contributed by atoms with Gasteiger partial charge in [0.25, 0.3) is 0 Å². The van der Waals surface area contributed by atoms with Gasteiger partial charge in [-0.1, -0.05) is 19.1 Å². The predicted octanol–water partition coefficient (Wildman–Crippen LogP) is 5.49.